The second-order valence-corrected chi connectivity index (χ2v) is 5.02. The van der Waals surface area contributed by atoms with Crippen molar-refractivity contribution in [1.29, 1.82) is 0 Å². The molecule has 0 unspecified atom stereocenters. The summed E-state index contributed by atoms with van der Waals surface area (Å²) in [5.41, 5.74) is 1.66. The van der Waals surface area contributed by atoms with Crippen molar-refractivity contribution in [1.82, 2.24) is 0 Å². The minimum Gasteiger partial charge on any atom is -0.481 e. The van der Waals surface area contributed by atoms with Crippen LogP contribution in [0.15, 0.2) is 18.2 Å². The molecule has 1 aliphatic rings. The van der Waals surface area contributed by atoms with E-state index in [1.165, 1.54) is 12.1 Å². The largest absolute Gasteiger partial charge is 0.481 e. The number of fused-ring (bicyclic) bond motifs is 1. The Bertz CT molecular complexity index is 516. The molecule has 1 heterocycles. The average molecular weight is 279 g/mol. The number of hydrogen-bond donors (Lipinski definition) is 1. The van der Waals surface area contributed by atoms with Crippen molar-refractivity contribution in [3.63, 3.8) is 0 Å². The number of carbonyl (C=O) groups is 2. The van der Waals surface area contributed by atoms with Crippen LogP contribution in [0.25, 0.3) is 0 Å². The quantitative estimate of drug-likeness (QED) is 0.843. The summed E-state index contributed by atoms with van der Waals surface area (Å²) in [4.78, 5) is 24.3. The number of aliphatic carboxylic acids is 1. The van der Waals surface area contributed by atoms with E-state index in [4.69, 9.17) is 5.11 Å². The number of unbranched alkanes of at least 4 members (excludes halogenated alkanes) is 1. The molecule has 0 saturated carbocycles. The summed E-state index contributed by atoms with van der Waals surface area (Å²) in [6.45, 7) is 0.649. The highest BCUT2D eigenvalue weighted by molar-refractivity contribution is 5.94. The number of anilines is 1. The zero-order valence-electron chi connectivity index (χ0n) is 11.3. The number of halogens is 1. The van der Waals surface area contributed by atoms with E-state index >= 15 is 0 Å². The Balaban J connectivity index is 1.96. The Morgan fingerprint density at radius 2 is 2.00 bits per heavy atom. The number of carboxylic acid groups (broad SMARTS) is 1. The minimum absolute atomic E-state index is 0.0112. The maximum Gasteiger partial charge on any atom is 0.303 e. The molecule has 20 heavy (non-hydrogen) atoms. The van der Waals surface area contributed by atoms with Crippen LogP contribution in [0.5, 0.6) is 0 Å². The molecular formula is C15H18FNO3. The van der Waals surface area contributed by atoms with Crippen LogP contribution >= 0.6 is 0 Å². The van der Waals surface area contributed by atoms with Gasteiger partial charge in [0.05, 0.1) is 0 Å². The molecule has 0 fully saturated rings. The van der Waals surface area contributed by atoms with Crippen molar-refractivity contribution in [3.8, 4) is 0 Å². The molecule has 0 saturated heterocycles. The van der Waals surface area contributed by atoms with Crippen LogP contribution in [0.4, 0.5) is 10.1 Å². The summed E-state index contributed by atoms with van der Waals surface area (Å²) in [6, 6.07) is 4.51. The second-order valence-electron chi connectivity index (χ2n) is 5.02. The lowest BCUT2D eigenvalue weighted by molar-refractivity contribution is -0.137. The fourth-order valence-electron chi connectivity index (χ4n) is 2.51. The maximum atomic E-state index is 13.2. The average Bonchev–Trinajstić information content (AvgIpc) is 2.42. The third kappa shape index (κ3) is 3.56. The van der Waals surface area contributed by atoms with E-state index in [-0.39, 0.29) is 18.1 Å². The Morgan fingerprint density at radius 1 is 1.25 bits per heavy atom. The van der Waals surface area contributed by atoms with Crippen LogP contribution < -0.4 is 4.90 Å². The normalized spacial score (nSPS) is 13.9. The highest BCUT2D eigenvalue weighted by Gasteiger charge is 2.22. The summed E-state index contributed by atoms with van der Waals surface area (Å²) in [6.07, 6.45) is 3.12. The SMILES string of the molecule is O=C(O)CCCCC(=O)N1CCCc2cc(F)ccc21. The van der Waals surface area contributed by atoms with Crippen molar-refractivity contribution in [2.45, 2.75) is 38.5 Å². The van der Waals surface area contributed by atoms with E-state index in [0.29, 0.717) is 25.8 Å². The third-order valence-corrected chi connectivity index (χ3v) is 3.49. The van der Waals surface area contributed by atoms with Crippen molar-refractivity contribution in [3.05, 3.63) is 29.6 Å². The minimum atomic E-state index is -0.837. The van der Waals surface area contributed by atoms with Gasteiger partial charge in [0.2, 0.25) is 5.91 Å². The first-order valence-electron chi connectivity index (χ1n) is 6.88. The van der Waals surface area contributed by atoms with E-state index < -0.39 is 5.97 Å². The molecule has 0 atom stereocenters. The first-order chi connectivity index (χ1) is 9.58. The van der Waals surface area contributed by atoms with E-state index in [1.54, 1.807) is 11.0 Å². The molecule has 1 aliphatic heterocycles. The van der Waals surface area contributed by atoms with Gasteiger partial charge < -0.3 is 10.0 Å². The number of hydrogen-bond acceptors (Lipinski definition) is 2. The molecule has 4 nitrogen and oxygen atoms in total. The highest BCUT2D eigenvalue weighted by Crippen LogP contribution is 2.28. The van der Waals surface area contributed by atoms with Crippen molar-refractivity contribution in [2.75, 3.05) is 11.4 Å². The molecule has 1 aromatic carbocycles. The number of carboxylic acids is 1. The Kier molecular flexibility index (Phi) is 4.71. The topological polar surface area (TPSA) is 57.6 Å². The van der Waals surface area contributed by atoms with Gasteiger partial charge in [0.25, 0.3) is 0 Å². The van der Waals surface area contributed by atoms with Crippen molar-refractivity contribution < 1.29 is 19.1 Å². The van der Waals surface area contributed by atoms with Crippen LogP contribution in [0, 0.1) is 5.82 Å². The zero-order valence-corrected chi connectivity index (χ0v) is 11.3. The van der Waals surface area contributed by atoms with E-state index in [9.17, 15) is 14.0 Å². The van der Waals surface area contributed by atoms with Crippen LogP contribution in [0.1, 0.15) is 37.7 Å². The smallest absolute Gasteiger partial charge is 0.303 e. The fraction of sp³-hybridized carbons (Fsp3) is 0.467. The standard InChI is InChI=1S/C15H18FNO3/c16-12-7-8-13-11(10-12)4-3-9-17(13)14(18)5-1-2-6-15(19)20/h7-8,10H,1-6,9H2,(H,19,20). The maximum absolute atomic E-state index is 13.2. The molecule has 0 aromatic heterocycles. The molecule has 108 valence electrons. The Hall–Kier alpha value is -1.91. The number of rotatable bonds is 5. The van der Waals surface area contributed by atoms with Gasteiger partial charge >= 0.3 is 5.97 Å². The lowest BCUT2D eigenvalue weighted by Crippen LogP contribution is -2.35. The van der Waals surface area contributed by atoms with E-state index in [1.807, 2.05) is 0 Å². The summed E-state index contributed by atoms with van der Waals surface area (Å²) < 4.78 is 13.2. The third-order valence-electron chi connectivity index (χ3n) is 3.49. The molecule has 1 amide bonds. The lowest BCUT2D eigenvalue weighted by atomic mass is 10.0. The van der Waals surface area contributed by atoms with Gasteiger partial charge in [0.1, 0.15) is 5.82 Å². The molecule has 0 radical (unpaired) electrons. The number of nitrogens with zero attached hydrogens (tertiary/aromatic N) is 1. The van der Waals surface area contributed by atoms with E-state index in [2.05, 4.69) is 0 Å². The molecule has 1 aromatic rings. The van der Waals surface area contributed by atoms with Gasteiger partial charge in [-0.2, -0.15) is 0 Å². The fourth-order valence-corrected chi connectivity index (χ4v) is 2.51. The Labute approximate surface area is 117 Å². The van der Waals surface area contributed by atoms with Gasteiger partial charge in [-0.15, -0.1) is 0 Å². The lowest BCUT2D eigenvalue weighted by Gasteiger charge is -2.29. The van der Waals surface area contributed by atoms with Gasteiger partial charge in [-0.25, -0.2) is 4.39 Å². The van der Waals surface area contributed by atoms with Gasteiger partial charge in [0.15, 0.2) is 0 Å². The predicted octanol–water partition coefficient (Wildman–Crippen LogP) is 2.75. The van der Waals surface area contributed by atoms with Crippen LogP contribution in [0.3, 0.4) is 0 Å². The van der Waals surface area contributed by atoms with Crippen molar-refractivity contribution >= 4 is 17.6 Å². The molecule has 0 bridgehead atoms. The molecule has 0 spiro atoms. The summed E-state index contributed by atoms with van der Waals surface area (Å²) in [5, 5.41) is 8.55. The van der Waals surface area contributed by atoms with Crippen LogP contribution in [0.2, 0.25) is 0 Å². The number of amides is 1. The van der Waals surface area contributed by atoms with E-state index in [0.717, 1.165) is 24.1 Å². The number of aryl methyl sites for hydroxylation is 1. The zero-order chi connectivity index (χ0) is 14.5. The number of benzene rings is 1. The van der Waals surface area contributed by atoms with Crippen LogP contribution in [-0.2, 0) is 16.0 Å². The second kappa shape index (κ2) is 6.50. The first kappa shape index (κ1) is 14.5. The molecule has 1 N–H and O–H groups in total. The van der Waals surface area contributed by atoms with Gasteiger partial charge in [-0.3, -0.25) is 9.59 Å². The first-order valence-corrected chi connectivity index (χ1v) is 6.88. The number of carbonyl (C=O) groups excluding carboxylic acids is 1. The van der Waals surface area contributed by atoms with Gasteiger partial charge in [0, 0.05) is 25.1 Å². The summed E-state index contributed by atoms with van der Waals surface area (Å²) >= 11 is 0. The Morgan fingerprint density at radius 3 is 2.75 bits per heavy atom. The summed E-state index contributed by atoms with van der Waals surface area (Å²) in [7, 11) is 0. The van der Waals surface area contributed by atoms with Crippen molar-refractivity contribution in [2.24, 2.45) is 0 Å². The molecule has 5 heteroatoms. The van der Waals surface area contributed by atoms with Gasteiger partial charge in [-0.1, -0.05) is 0 Å². The molecule has 0 aliphatic carbocycles. The van der Waals surface area contributed by atoms with Gasteiger partial charge in [-0.05, 0) is 49.4 Å². The summed E-state index contributed by atoms with van der Waals surface area (Å²) in [5.74, 6) is -1.13. The molecule has 2 rings (SSSR count). The molecular weight excluding hydrogens is 261 g/mol. The monoisotopic (exact) mass is 279 g/mol. The predicted molar refractivity (Wildman–Crippen MR) is 73.2 cm³/mol. The van der Waals surface area contributed by atoms with Crippen LogP contribution in [-0.4, -0.2) is 23.5 Å². The highest BCUT2D eigenvalue weighted by atomic mass is 19.1.